The number of hydrogen-bond donors (Lipinski definition) is 1. The van der Waals surface area contributed by atoms with Crippen molar-refractivity contribution in [1.29, 1.82) is 0 Å². The zero-order chi connectivity index (χ0) is 10.1. The highest BCUT2D eigenvalue weighted by Gasteiger charge is 2.42. The number of hydrogen-bond acceptors (Lipinski definition) is 3. The second-order valence-electron chi connectivity index (χ2n) is 4.33. The van der Waals surface area contributed by atoms with E-state index < -0.39 is 0 Å². The lowest BCUT2D eigenvalue weighted by molar-refractivity contribution is -0.140. The summed E-state index contributed by atoms with van der Waals surface area (Å²) in [6.45, 7) is 4.68. The predicted molar refractivity (Wildman–Crippen MR) is 52.6 cm³/mol. The molecule has 0 spiro atoms. The van der Waals surface area contributed by atoms with Gasteiger partial charge in [0, 0.05) is 25.6 Å². The number of nitrogens with two attached hydrogens (primary N) is 1. The largest absolute Gasteiger partial charge is 0.373 e. The SMILES string of the molecule is CC1CC1C(=O)N1CCOC(CN)C1. The fourth-order valence-electron chi connectivity index (χ4n) is 1.96. The van der Waals surface area contributed by atoms with Gasteiger partial charge in [-0.3, -0.25) is 4.79 Å². The molecule has 14 heavy (non-hydrogen) atoms. The maximum Gasteiger partial charge on any atom is 0.226 e. The second kappa shape index (κ2) is 3.87. The van der Waals surface area contributed by atoms with E-state index in [1.54, 1.807) is 0 Å². The minimum atomic E-state index is 0.0433. The normalized spacial score (nSPS) is 37.0. The topological polar surface area (TPSA) is 55.6 Å². The molecule has 3 atom stereocenters. The Bertz CT molecular complexity index is 232. The van der Waals surface area contributed by atoms with E-state index in [-0.39, 0.29) is 12.0 Å². The molecule has 1 saturated carbocycles. The lowest BCUT2D eigenvalue weighted by Crippen LogP contribution is -2.48. The van der Waals surface area contributed by atoms with E-state index in [2.05, 4.69) is 6.92 Å². The number of carbonyl (C=O) groups excluding carboxylic acids is 1. The van der Waals surface area contributed by atoms with E-state index in [1.807, 2.05) is 4.90 Å². The van der Waals surface area contributed by atoms with Crippen molar-refractivity contribution in [3.05, 3.63) is 0 Å². The average molecular weight is 198 g/mol. The maximum atomic E-state index is 11.9. The van der Waals surface area contributed by atoms with Crippen LogP contribution in [0.4, 0.5) is 0 Å². The van der Waals surface area contributed by atoms with Gasteiger partial charge in [0.25, 0.3) is 0 Å². The Balaban J connectivity index is 1.87. The summed E-state index contributed by atoms with van der Waals surface area (Å²) in [4.78, 5) is 13.8. The monoisotopic (exact) mass is 198 g/mol. The third-order valence-electron chi connectivity index (χ3n) is 3.14. The van der Waals surface area contributed by atoms with Crippen LogP contribution in [0.2, 0.25) is 0 Å². The first-order valence-corrected chi connectivity index (χ1v) is 5.33. The van der Waals surface area contributed by atoms with Crippen LogP contribution in [0.25, 0.3) is 0 Å². The summed E-state index contributed by atoms with van der Waals surface area (Å²) in [5.41, 5.74) is 5.52. The van der Waals surface area contributed by atoms with Gasteiger partial charge in [-0.15, -0.1) is 0 Å². The summed E-state index contributed by atoms with van der Waals surface area (Å²) in [5.74, 6) is 1.17. The van der Waals surface area contributed by atoms with Crippen LogP contribution in [0.15, 0.2) is 0 Å². The van der Waals surface area contributed by atoms with Crippen LogP contribution in [-0.4, -0.2) is 43.2 Å². The Morgan fingerprint density at radius 1 is 1.64 bits per heavy atom. The standard InChI is InChI=1S/C10H18N2O2/c1-7-4-9(7)10(13)12-2-3-14-8(5-11)6-12/h7-9H,2-6,11H2,1H3. The van der Waals surface area contributed by atoms with Crippen LogP contribution in [0.1, 0.15) is 13.3 Å². The van der Waals surface area contributed by atoms with E-state index in [4.69, 9.17) is 10.5 Å². The molecule has 1 aliphatic heterocycles. The average Bonchev–Trinajstić information content (AvgIpc) is 2.94. The minimum Gasteiger partial charge on any atom is -0.373 e. The van der Waals surface area contributed by atoms with Gasteiger partial charge in [-0.1, -0.05) is 6.92 Å². The molecule has 0 aromatic heterocycles. The van der Waals surface area contributed by atoms with Gasteiger partial charge in [-0.05, 0) is 12.3 Å². The Morgan fingerprint density at radius 3 is 2.93 bits per heavy atom. The van der Waals surface area contributed by atoms with Gasteiger partial charge in [0.05, 0.1) is 12.7 Å². The van der Waals surface area contributed by atoms with Crippen molar-refractivity contribution in [2.75, 3.05) is 26.2 Å². The predicted octanol–water partition coefficient (Wildman–Crippen LogP) is -0.171. The van der Waals surface area contributed by atoms with Gasteiger partial charge in [0.2, 0.25) is 5.91 Å². The zero-order valence-corrected chi connectivity index (χ0v) is 8.61. The minimum absolute atomic E-state index is 0.0433. The number of carbonyl (C=O) groups is 1. The quantitative estimate of drug-likeness (QED) is 0.670. The van der Waals surface area contributed by atoms with E-state index in [9.17, 15) is 4.79 Å². The van der Waals surface area contributed by atoms with Crippen molar-refractivity contribution in [2.24, 2.45) is 17.6 Å². The molecule has 1 aliphatic carbocycles. The van der Waals surface area contributed by atoms with Gasteiger partial charge < -0.3 is 15.4 Å². The highest BCUT2D eigenvalue weighted by atomic mass is 16.5. The van der Waals surface area contributed by atoms with E-state index in [0.717, 1.165) is 13.0 Å². The molecule has 2 fully saturated rings. The first-order chi connectivity index (χ1) is 6.72. The molecule has 3 unspecified atom stereocenters. The van der Waals surface area contributed by atoms with Crippen LogP contribution >= 0.6 is 0 Å². The third kappa shape index (κ3) is 1.91. The number of nitrogens with zero attached hydrogens (tertiary/aromatic N) is 1. The van der Waals surface area contributed by atoms with Gasteiger partial charge in [-0.25, -0.2) is 0 Å². The van der Waals surface area contributed by atoms with E-state index >= 15 is 0 Å². The molecule has 4 nitrogen and oxygen atoms in total. The van der Waals surface area contributed by atoms with Gasteiger partial charge in [0.15, 0.2) is 0 Å². The first-order valence-electron chi connectivity index (χ1n) is 5.33. The van der Waals surface area contributed by atoms with E-state index in [0.29, 0.717) is 31.5 Å². The summed E-state index contributed by atoms with van der Waals surface area (Å²) < 4.78 is 5.42. The van der Waals surface area contributed by atoms with E-state index in [1.165, 1.54) is 0 Å². The molecule has 1 heterocycles. The van der Waals surface area contributed by atoms with Crippen molar-refractivity contribution in [2.45, 2.75) is 19.4 Å². The van der Waals surface area contributed by atoms with Crippen molar-refractivity contribution in [3.8, 4) is 0 Å². The Labute approximate surface area is 84.4 Å². The summed E-state index contributed by atoms with van der Waals surface area (Å²) in [6.07, 6.45) is 1.10. The van der Waals surface area contributed by atoms with Crippen LogP contribution in [0.3, 0.4) is 0 Å². The fourth-order valence-corrected chi connectivity index (χ4v) is 1.96. The van der Waals surface area contributed by atoms with Crippen molar-refractivity contribution < 1.29 is 9.53 Å². The molecule has 4 heteroatoms. The maximum absolute atomic E-state index is 11.9. The number of rotatable bonds is 2. The Hall–Kier alpha value is -0.610. The third-order valence-corrected chi connectivity index (χ3v) is 3.14. The first kappa shape index (κ1) is 9.93. The van der Waals surface area contributed by atoms with Crippen LogP contribution in [0, 0.1) is 11.8 Å². The molecule has 0 aromatic rings. The molecular weight excluding hydrogens is 180 g/mol. The molecule has 0 radical (unpaired) electrons. The lowest BCUT2D eigenvalue weighted by Gasteiger charge is -2.32. The molecule has 1 saturated heterocycles. The van der Waals surface area contributed by atoms with Gasteiger partial charge in [-0.2, -0.15) is 0 Å². The molecule has 0 bridgehead atoms. The van der Waals surface area contributed by atoms with Crippen molar-refractivity contribution in [1.82, 2.24) is 4.90 Å². The molecule has 0 aromatic carbocycles. The summed E-state index contributed by atoms with van der Waals surface area (Å²) in [7, 11) is 0. The van der Waals surface area contributed by atoms with Crippen LogP contribution < -0.4 is 5.73 Å². The highest BCUT2D eigenvalue weighted by molar-refractivity contribution is 5.81. The molecule has 2 N–H and O–H groups in total. The number of ether oxygens (including phenoxy) is 1. The van der Waals surface area contributed by atoms with Crippen molar-refractivity contribution in [3.63, 3.8) is 0 Å². The number of amides is 1. The van der Waals surface area contributed by atoms with Crippen molar-refractivity contribution >= 4 is 5.91 Å². The zero-order valence-electron chi connectivity index (χ0n) is 8.61. The molecule has 2 rings (SSSR count). The Kier molecular flexibility index (Phi) is 2.74. The summed E-state index contributed by atoms with van der Waals surface area (Å²) >= 11 is 0. The molecular formula is C10H18N2O2. The number of morpholine rings is 1. The second-order valence-corrected chi connectivity index (χ2v) is 4.33. The summed E-state index contributed by atoms with van der Waals surface area (Å²) in [5, 5.41) is 0. The fraction of sp³-hybridized carbons (Fsp3) is 0.900. The highest BCUT2D eigenvalue weighted by Crippen LogP contribution is 2.39. The van der Waals surface area contributed by atoms with Crippen LogP contribution in [-0.2, 0) is 9.53 Å². The molecule has 80 valence electrons. The van der Waals surface area contributed by atoms with Gasteiger partial charge in [0.1, 0.15) is 0 Å². The smallest absolute Gasteiger partial charge is 0.226 e. The summed E-state index contributed by atoms with van der Waals surface area (Å²) in [6, 6.07) is 0. The lowest BCUT2D eigenvalue weighted by atomic mass is 10.2. The Morgan fingerprint density at radius 2 is 2.36 bits per heavy atom. The van der Waals surface area contributed by atoms with Gasteiger partial charge >= 0.3 is 0 Å². The van der Waals surface area contributed by atoms with Crippen LogP contribution in [0.5, 0.6) is 0 Å². The molecule has 2 aliphatic rings. The molecule has 1 amide bonds.